The first-order chi connectivity index (χ1) is 16.4. The van der Waals surface area contributed by atoms with Gasteiger partial charge in [0.15, 0.2) is 0 Å². The number of amides is 1. The third kappa shape index (κ3) is 8.18. The van der Waals surface area contributed by atoms with E-state index in [1.165, 1.54) is 6.07 Å². The zero-order valence-electron chi connectivity index (χ0n) is 18.8. The van der Waals surface area contributed by atoms with Gasteiger partial charge in [-0.3, -0.25) is 4.79 Å². The minimum Gasteiger partial charge on any atom is -0.478 e. The Bertz CT molecular complexity index is 1180. The van der Waals surface area contributed by atoms with Gasteiger partial charge in [0, 0.05) is 24.8 Å². The highest BCUT2D eigenvalue weighted by atomic mass is 19.4. The fourth-order valence-electron chi connectivity index (χ4n) is 2.97. The molecule has 0 bridgehead atoms. The molecule has 0 aliphatic rings. The lowest BCUT2D eigenvalue weighted by Crippen LogP contribution is -2.21. The highest BCUT2D eigenvalue weighted by Gasteiger charge is 2.38. The van der Waals surface area contributed by atoms with Gasteiger partial charge in [-0.2, -0.15) is 13.2 Å². The number of aryl methyl sites for hydroxylation is 1. The predicted octanol–water partition coefficient (Wildman–Crippen LogP) is 5.22. The van der Waals surface area contributed by atoms with Crippen molar-refractivity contribution in [1.29, 1.82) is 0 Å². The number of halogens is 3. The van der Waals surface area contributed by atoms with Gasteiger partial charge in [-0.25, -0.2) is 9.59 Å². The molecule has 3 N–H and O–H groups in total. The van der Waals surface area contributed by atoms with Gasteiger partial charge in [-0.05, 0) is 42.8 Å². The molecule has 184 valence electrons. The van der Waals surface area contributed by atoms with E-state index in [1.807, 2.05) is 61.3 Å². The van der Waals surface area contributed by atoms with Crippen LogP contribution in [0.5, 0.6) is 0 Å². The van der Waals surface area contributed by atoms with Gasteiger partial charge >= 0.3 is 18.1 Å². The second kappa shape index (κ2) is 11.7. The number of anilines is 2. The van der Waals surface area contributed by atoms with Gasteiger partial charge in [-0.1, -0.05) is 48.0 Å². The second-order valence-electron chi connectivity index (χ2n) is 7.50. The molecule has 0 aliphatic carbocycles. The quantitative estimate of drug-likeness (QED) is 0.440. The van der Waals surface area contributed by atoms with Crippen LogP contribution in [-0.2, 0) is 11.3 Å². The summed E-state index contributed by atoms with van der Waals surface area (Å²) < 4.78 is 31.7. The van der Waals surface area contributed by atoms with E-state index in [9.17, 15) is 27.9 Å². The molecule has 3 aromatic carbocycles. The number of rotatable bonds is 6. The minimum absolute atomic E-state index is 0.139. The van der Waals surface area contributed by atoms with E-state index in [1.54, 1.807) is 24.3 Å². The molecular weight excluding hydrogens is 465 g/mol. The third-order valence-corrected chi connectivity index (χ3v) is 4.71. The van der Waals surface area contributed by atoms with Crippen molar-refractivity contribution in [2.45, 2.75) is 19.6 Å². The van der Waals surface area contributed by atoms with E-state index in [-0.39, 0.29) is 11.5 Å². The Kier molecular flexibility index (Phi) is 8.98. The topological polar surface area (TPSA) is 107 Å². The molecule has 0 spiro atoms. The zero-order chi connectivity index (χ0) is 26.2. The lowest BCUT2D eigenvalue weighted by molar-refractivity contribution is -0.192. The van der Waals surface area contributed by atoms with Crippen molar-refractivity contribution < 1.29 is 37.8 Å². The van der Waals surface area contributed by atoms with Crippen molar-refractivity contribution in [3.05, 3.63) is 95.1 Å². The standard InChI is InChI=1S/C23H22N2O3.C2HF3O2/c1-16-8-10-18(11-9-16)22(26)24-19-12-13-21(20(14-19)23(27)28)25(2)15-17-6-4-3-5-7-17;3-2(4,5)1(6)7/h3-14H,15H2,1-2H3,(H,24,26)(H,27,28);(H,6,7). The predicted molar refractivity (Wildman–Crippen MR) is 125 cm³/mol. The molecule has 3 rings (SSSR count). The molecule has 10 heteroatoms. The number of carbonyl (C=O) groups is 3. The first-order valence-corrected chi connectivity index (χ1v) is 10.2. The highest BCUT2D eigenvalue weighted by molar-refractivity contribution is 6.05. The first-order valence-electron chi connectivity index (χ1n) is 10.2. The number of hydrogen-bond acceptors (Lipinski definition) is 4. The highest BCUT2D eigenvalue weighted by Crippen LogP contribution is 2.25. The number of aliphatic carboxylic acids is 1. The van der Waals surface area contributed by atoms with E-state index in [2.05, 4.69) is 5.32 Å². The third-order valence-electron chi connectivity index (χ3n) is 4.71. The Labute approximate surface area is 199 Å². The molecule has 0 saturated heterocycles. The van der Waals surface area contributed by atoms with Crippen molar-refractivity contribution in [3.8, 4) is 0 Å². The summed E-state index contributed by atoms with van der Waals surface area (Å²) in [5.41, 5.74) is 3.84. The van der Waals surface area contributed by atoms with Crippen molar-refractivity contribution in [2.24, 2.45) is 0 Å². The summed E-state index contributed by atoms with van der Waals surface area (Å²) in [6, 6.07) is 22.0. The molecule has 0 heterocycles. The van der Waals surface area contributed by atoms with Gasteiger partial charge in [-0.15, -0.1) is 0 Å². The maximum atomic E-state index is 12.4. The molecule has 0 fully saturated rings. The van der Waals surface area contributed by atoms with Gasteiger partial charge in [0.25, 0.3) is 5.91 Å². The SMILES string of the molecule is Cc1ccc(C(=O)Nc2ccc(N(C)Cc3ccccc3)c(C(=O)O)c2)cc1.O=C(O)C(F)(F)F. The normalized spacial score (nSPS) is 10.5. The number of benzene rings is 3. The molecular formula is C25H23F3N2O5. The molecule has 3 aromatic rings. The largest absolute Gasteiger partial charge is 0.490 e. The number of nitrogens with zero attached hydrogens (tertiary/aromatic N) is 1. The van der Waals surface area contributed by atoms with Crippen molar-refractivity contribution >= 4 is 29.2 Å². The molecule has 35 heavy (non-hydrogen) atoms. The molecule has 0 unspecified atom stereocenters. The van der Waals surface area contributed by atoms with Crippen LogP contribution >= 0.6 is 0 Å². The number of nitrogens with one attached hydrogen (secondary N) is 1. The lowest BCUT2D eigenvalue weighted by Gasteiger charge is -2.22. The van der Waals surface area contributed by atoms with Crippen LogP contribution in [0.2, 0.25) is 0 Å². The van der Waals surface area contributed by atoms with E-state index in [4.69, 9.17) is 9.90 Å². The Balaban J connectivity index is 0.000000540. The monoisotopic (exact) mass is 488 g/mol. The maximum absolute atomic E-state index is 12.4. The number of carbonyl (C=O) groups excluding carboxylic acids is 1. The minimum atomic E-state index is -5.08. The summed E-state index contributed by atoms with van der Waals surface area (Å²) in [6.45, 7) is 2.53. The summed E-state index contributed by atoms with van der Waals surface area (Å²) in [5, 5.41) is 19.5. The van der Waals surface area contributed by atoms with Gasteiger partial charge < -0.3 is 20.4 Å². The fourth-order valence-corrected chi connectivity index (χ4v) is 2.97. The Morgan fingerprint density at radius 3 is 2.00 bits per heavy atom. The summed E-state index contributed by atoms with van der Waals surface area (Å²) >= 11 is 0. The van der Waals surface area contributed by atoms with Crippen LogP contribution in [0, 0.1) is 6.92 Å². The number of carboxylic acids is 2. The molecule has 1 amide bonds. The Hall–Kier alpha value is -4.34. The fraction of sp³-hybridized carbons (Fsp3) is 0.160. The van der Waals surface area contributed by atoms with E-state index >= 15 is 0 Å². The summed E-state index contributed by atoms with van der Waals surface area (Å²) in [7, 11) is 1.85. The first kappa shape index (κ1) is 26.9. The number of alkyl halides is 3. The summed E-state index contributed by atoms with van der Waals surface area (Å²) in [6.07, 6.45) is -5.08. The van der Waals surface area contributed by atoms with E-state index in [0.29, 0.717) is 23.5 Å². The van der Waals surface area contributed by atoms with Crippen molar-refractivity contribution in [3.63, 3.8) is 0 Å². The number of carboxylic acid groups (broad SMARTS) is 2. The van der Waals surface area contributed by atoms with Crippen LogP contribution in [0.25, 0.3) is 0 Å². The van der Waals surface area contributed by atoms with Gasteiger partial charge in [0.05, 0.1) is 11.3 Å². The van der Waals surface area contributed by atoms with E-state index < -0.39 is 18.1 Å². The molecule has 0 aromatic heterocycles. The summed E-state index contributed by atoms with van der Waals surface area (Å²) in [4.78, 5) is 35.0. The summed E-state index contributed by atoms with van der Waals surface area (Å²) in [5.74, 6) is -4.07. The van der Waals surface area contributed by atoms with Crippen LogP contribution < -0.4 is 10.2 Å². The van der Waals surface area contributed by atoms with Crippen molar-refractivity contribution in [1.82, 2.24) is 0 Å². The smallest absolute Gasteiger partial charge is 0.478 e. The van der Waals surface area contributed by atoms with Crippen LogP contribution in [-0.4, -0.2) is 41.3 Å². The second-order valence-corrected chi connectivity index (χ2v) is 7.50. The molecule has 0 saturated carbocycles. The van der Waals surface area contributed by atoms with E-state index in [0.717, 1.165) is 11.1 Å². The lowest BCUT2D eigenvalue weighted by atomic mass is 10.1. The Morgan fingerprint density at radius 2 is 1.49 bits per heavy atom. The molecule has 7 nitrogen and oxygen atoms in total. The van der Waals surface area contributed by atoms with Gasteiger partial charge in [0.2, 0.25) is 0 Å². The average molecular weight is 488 g/mol. The Morgan fingerprint density at radius 1 is 0.914 bits per heavy atom. The van der Waals surface area contributed by atoms with Crippen LogP contribution in [0.15, 0.2) is 72.8 Å². The van der Waals surface area contributed by atoms with Gasteiger partial charge in [0.1, 0.15) is 0 Å². The zero-order valence-corrected chi connectivity index (χ0v) is 18.8. The average Bonchev–Trinajstić information content (AvgIpc) is 2.79. The van der Waals surface area contributed by atoms with Crippen LogP contribution in [0.3, 0.4) is 0 Å². The number of hydrogen-bond donors (Lipinski definition) is 3. The molecule has 0 radical (unpaired) electrons. The van der Waals surface area contributed by atoms with Crippen LogP contribution in [0.4, 0.5) is 24.5 Å². The molecule has 0 atom stereocenters. The van der Waals surface area contributed by atoms with Crippen LogP contribution in [0.1, 0.15) is 31.8 Å². The maximum Gasteiger partial charge on any atom is 0.490 e. The van der Waals surface area contributed by atoms with Crippen molar-refractivity contribution in [2.75, 3.05) is 17.3 Å². The number of aromatic carboxylic acids is 1. The molecule has 0 aliphatic heterocycles.